The fourth-order valence-electron chi connectivity index (χ4n) is 1.12. The molecule has 8 nitrogen and oxygen atoms in total. The van der Waals surface area contributed by atoms with Crippen molar-refractivity contribution < 1.29 is 24.5 Å². The van der Waals surface area contributed by atoms with Gasteiger partial charge in [-0.3, -0.25) is 26.2 Å². The predicted molar refractivity (Wildman–Crippen MR) is 65.2 cm³/mol. The molecule has 8 heteroatoms. The minimum absolute atomic E-state index is 0.0253. The highest BCUT2D eigenvalue weighted by Crippen LogP contribution is 1.93. The molecule has 18 heavy (non-hydrogen) atoms. The monoisotopic (exact) mass is 265 g/mol. The molecule has 0 fully saturated rings. The van der Waals surface area contributed by atoms with Crippen LogP contribution in [-0.4, -0.2) is 66.3 Å². The SMILES string of the molecule is CC(=O)COC(=O)CCN(CCO)CCO.NN. The van der Waals surface area contributed by atoms with Crippen molar-refractivity contribution >= 4 is 11.8 Å². The Labute approximate surface area is 106 Å². The lowest BCUT2D eigenvalue weighted by molar-refractivity contribution is -0.147. The van der Waals surface area contributed by atoms with E-state index >= 15 is 0 Å². The van der Waals surface area contributed by atoms with Crippen molar-refractivity contribution in [3.05, 3.63) is 0 Å². The average molecular weight is 265 g/mol. The molecule has 0 rings (SSSR count). The van der Waals surface area contributed by atoms with Crippen LogP contribution in [0.2, 0.25) is 0 Å². The van der Waals surface area contributed by atoms with Crippen molar-refractivity contribution in [2.45, 2.75) is 13.3 Å². The molecular formula is C10H23N3O5. The first kappa shape index (κ1) is 19.3. The molecule has 0 aliphatic rings. The van der Waals surface area contributed by atoms with Crippen LogP contribution in [0.25, 0.3) is 0 Å². The van der Waals surface area contributed by atoms with Gasteiger partial charge in [-0.05, 0) is 6.92 Å². The Kier molecular flexibility index (Phi) is 15.0. The Morgan fingerprint density at radius 2 is 1.61 bits per heavy atom. The first-order chi connectivity index (χ1) is 8.60. The minimum Gasteiger partial charge on any atom is -0.458 e. The maximum Gasteiger partial charge on any atom is 0.307 e. The van der Waals surface area contributed by atoms with Crippen LogP contribution in [0.4, 0.5) is 0 Å². The highest BCUT2D eigenvalue weighted by molar-refractivity contribution is 5.80. The second-order valence-electron chi connectivity index (χ2n) is 3.40. The van der Waals surface area contributed by atoms with Gasteiger partial charge in [0.25, 0.3) is 0 Å². The van der Waals surface area contributed by atoms with Gasteiger partial charge in [-0.2, -0.15) is 0 Å². The van der Waals surface area contributed by atoms with Crippen molar-refractivity contribution in [1.82, 2.24) is 4.90 Å². The van der Waals surface area contributed by atoms with Gasteiger partial charge in [-0.25, -0.2) is 0 Å². The van der Waals surface area contributed by atoms with E-state index in [-0.39, 0.29) is 32.0 Å². The zero-order valence-electron chi connectivity index (χ0n) is 10.7. The number of hydrazine groups is 1. The van der Waals surface area contributed by atoms with Gasteiger partial charge >= 0.3 is 5.97 Å². The normalized spacial score (nSPS) is 9.67. The molecule has 0 saturated carbocycles. The third-order valence-electron chi connectivity index (χ3n) is 1.90. The van der Waals surface area contributed by atoms with Crippen LogP contribution in [-0.2, 0) is 14.3 Å². The first-order valence-electron chi connectivity index (χ1n) is 5.52. The molecule has 0 bridgehead atoms. The fraction of sp³-hybridized carbons (Fsp3) is 0.800. The molecule has 0 aromatic carbocycles. The largest absolute Gasteiger partial charge is 0.458 e. The Morgan fingerprint density at radius 3 is 2.00 bits per heavy atom. The van der Waals surface area contributed by atoms with Gasteiger partial charge in [0, 0.05) is 19.6 Å². The average Bonchev–Trinajstić information content (AvgIpc) is 2.36. The number of Topliss-reactive ketones (excluding diaryl/α,β-unsaturated/α-hetero) is 1. The highest BCUT2D eigenvalue weighted by atomic mass is 16.5. The Balaban J connectivity index is 0. The second kappa shape index (κ2) is 14.0. The minimum atomic E-state index is -0.448. The summed E-state index contributed by atoms with van der Waals surface area (Å²) in [7, 11) is 0. The summed E-state index contributed by atoms with van der Waals surface area (Å²) in [6.07, 6.45) is 0.146. The number of nitrogens with zero attached hydrogens (tertiary/aromatic N) is 1. The molecule has 0 radical (unpaired) electrons. The van der Waals surface area contributed by atoms with Gasteiger partial charge in [-0.1, -0.05) is 0 Å². The van der Waals surface area contributed by atoms with Crippen LogP contribution in [0, 0.1) is 0 Å². The van der Waals surface area contributed by atoms with E-state index in [1.807, 2.05) is 0 Å². The lowest BCUT2D eigenvalue weighted by atomic mass is 10.3. The van der Waals surface area contributed by atoms with Crippen LogP contribution < -0.4 is 11.7 Å². The Hall–Kier alpha value is -1.06. The summed E-state index contributed by atoms with van der Waals surface area (Å²) in [6.45, 7) is 2.31. The van der Waals surface area contributed by atoms with Crippen LogP contribution in [0.3, 0.4) is 0 Å². The molecule has 0 spiro atoms. The predicted octanol–water partition coefficient (Wildman–Crippen LogP) is -2.39. The van der Waals surface area contributed by atoms with Crippen molar-refractivity contribution in [1.29, 1.82) is 0 Å². The molecular weight excluding hydrogens is 242 g/mol. The zero-order chi connectivity index (χ0) is 14.4. The van der Waals surface area contributed by atoms with Crippen molar-refractivity contribution in [3.8, 4) is 0 Å². The molecule has 0 heterocycles. The first-order valence-corrected chi connectivity index (χ1v) is 5.52. The number of carbonyl (C=O) groups excluding carboxylic acids is 2. The van der Waals surface area contributed by atoms with Crippen LogP contribution in [0.1, 0.15) is 13.3 Å². The van der Waals surface area contributed by atoms with Crippen molar-refractivity contribution in [2.75, 3.05) is 39.5 Å². The number of ketones is 1. The third kappa shape index (κ3) is 13.0. The molecule has 0 aromatic heterocycles. The molecule has 0 saturated heterocycles. The number of ether oxygens (including phenoxy) is 1. The highest BCUT2D eigenvalue weighted by Gasteiger charge is 2.09. The van der Waals surface area contributed by atoms with Gasteiger partial charge < -0.3 is 14.9 Å². The summed E-state index contributed by atoms with van der Waals surface area (Å²) in [6, 6.07) is 0. The molecule has 0 unspecified atom stereocenters. The van der Waals surface area contributed by atoms with Crippen molar-refractivity contribution in [3.63, 3.8) is 0 Å². The van der Waals surface area contributed by atoms with E-state index in [1.165, 1.54) is 6.92 Å². The van der Waals surface area contributed by atoms with E-state index in [0.717, 1.165) is 0 Å². The van der Waals surface area contributed by atoms with E-state index in [9.17, 15) is 9.59 Å². The molecule has 6 N–H and O–H groups in total. The summed E-state index contributed by atoms with van der Waals surface area (Å²) in [5.74, 6) is 7.35. The van der Waals surface area contributed by atoms with Gasteiger partial charge in [0.05, 0.1) is 19.6 Å². The maximum absolute atomic E-state index is 11.1. The summed E-state index contributed by atoms with van der Waals surface area (Å²) < 4.78 is 4.67. The van der Waals surface area contributed by atoms with E-state index in [2.05, 4.69) is 16.4 Å². The summed E-state index contributed by atoms with van der Waals surface area (Å²) in [5.41, 5.74) is 0. The molecule has 0 amide bonds. The number of aliphatic hydroxyl groups excluding tert-OH is 2. The number of aliphatic hydroxyl groups is 2. The number of nitrogens with two attached hydrogens (primary N) is 2. The number of carbonyl (C=O) groups is 2. The van der Waals surface area contributed by atoms with E-state index in [1.54, 1.807) is 4.90 Å². The van der Waals surface area contributed by atoms with Gasteiger partial charge in [0.2, 0.25) is 0 Å². The molecule has 0 aliphatic heterocycles. The van der Waals surface area contributed by atoms with Crippen LogP contribution >= 0.6 is 0 Å². The smallest absolute Gasteiger partial charge is 0.307 e. The standard InChI is InChI=1S/C10H19NO5.H4N2/c1-9(14)8-16-10(15)2-3-11(4-6-12)5-7-13;1-2/h12-13H,2-8H2,1H3;1-2H2. The third-order valence-corrected chi connectivity index (χ3v) is 1.90. The summed E-state index contributed by atoms with van der Waals surface area (Å²) >= 11 is 0. The fourth-order valence-corrected chi connectivity index (χ4v) is 1.12. The number of hydrogen-bond donors (Lipinski definition) is 4. The second-order valence-corrected chi connectivity index (χ2v) is 3.40. The number of esters is 1. The molecule has 0 atom stereocenters. The van der Waals surface area contributed by atoms with E-state index < -0.39 is 5.97 Å². The van der Waals surface area contributed by atoms with E-state index in [0.29, 0.717) is 19.6 Å². The lowest BCUT2D eigenvalue weighted by Crippen LogP contribution is -2.32. The van der Waals surface area contributed by atoms with Crippen molar-refractivity contribution in [2.24, 2.45) is 11.7 Å². The Bertz CT molecular complexity index is 220. The molecule has 0 aliphatic carbocycles. The molecule has 108 valence electrons. The van der Waals surface area contributed by atoms with Gasteiger partial charge in [0.15, 0.2) is 5.78 Å². The van der Waals surface area contributed by atoms with Crippen LogP contribution in [0.5, 0.6) is 0 Å². The lowest BCUT2D eigenvalue weighted by Gasteiger charge is -2.19. The maximum atomic E-state index is 11.1. The Morgan fingerprint density at radius 1 is 1.11 bits per heavy atom. The van der Waals surface area contributed by atoms with Gasteiger partial charge in [-0.15, -0.1) is 0 Å². The summed E-state index contributed by atoms with van der Waals surface area (Å²) in [4.78, 5) is 23.4. The molecule has 0 aromatic rings. The quantitative estimate of drug-likeness (QED) is 0.206. The summed E-state index contributed by atoms with van der Waals surface area (Å²) in [5, 5.41) is 17.4. The number of rotatable bonds is 9. The van der Waals surface area contributed by atoms with Crippen LogP contribution in [0.15, 0.2) is 0 Å². The number of hydrogen-bond acceptors (Lipinski definition) is 8. The zero-order valence-corrected chi connectivity index (χ0v) is 10.7. The van der Waals surface area contributed by atoms with Gasteiger partial charge in [0.1, 0.15) is 6.61 Å². The topological polar surface area (TPSA) is 139 Å². The van der Waals surface area contributed by atoms with E-state index in [4.69, 9.17) is 10.2 Å².